The third kappa shape index (κ3) is 3.84. The Hall–Kier alpha value is -3.66. The minimum Gasteiger partial charge on any atom is -0.382 e. The van der Waals surface area contributed by atoms with Crippen molar-refractivity contribution in [2.45, 2.75) is 12.5 Å². The summed E-state index contributed by atoms with van der Waals surface area (Å²) in [5, 5.41) is 3.25. The lowest BCUT2D eigenvalue weighted by Gasteiger charge is -2.28. The number of hydrogen-bond acceptors (Lipinski definition) is 8. The summed E-state index contributed by atoms with van der Waals surface area (Å²) in [6, 6.07) is 8.23. The van der Waals surface area contributed by atoms with E-state index in [0.29, 0.717) is 36.0 Å². The molecule has 1 aromatic carbocycles. The van der Waals surface area contributed by atoms with Crippen LogP contribution < -0.4 is 16.0 Å². The number of fused-ring (bicyclic) bond motifs is 1. The molecular formula is C22H26N8O2. The fourth-order valence-electron chi connectivity index (χ4n) is 4.27. The van der Waals surface area contributed by atoms with Crippen molar-refractivity contribution in [1.29, 1.82) is 0 Å². The van der Waals surface area contributed by atoms with Gasteiger partial charge in [-0.15, -0.1) is 0 Å². The van der Waals surface area contributed by atoms with Gasteiger partial charge in [0.2, 0.25) is 11.9 Å². The second-order valence-electron chi connectivity index (χ2n) is 7.96. The summed E-state index contributed by atoms with van der Waals surface area (Å²) < 4.78 is 7.40. The molecule has 0 bridgehead atoms. The van der Waals surface area contributed by atoms with E-state index in [0.717, 1.165) is 44.1 Å². The van der Waals surface area contributed by atoms with E-state index in [4.69, 9.17) is 10.5 Å². The maximum Gasteiger partial charge on any atom is 0.246 e. The van der Waals surface area contributed by atoms with E-state index in [2.05, 4.69) is 43.9 Å². The number of rotatable bonds is 5. The van der Waals surface area contributed by atoms with Crippen molar-refractivity contribution >= 4 is 40.2 Å². The van der Waals surface area contributed by atoms with Crippen LogP contribution in [0.2, 0.25) is 0 Å². The highest BCUT2D eigenvalue weighted by molar-refractivity contribution is 5.87. The van der Waals surface area contributed by atoms with Crippen molar-refractivity contribution in [2.75, 3.05) is 55.3 Å². The molecule has 4 heterocycles. The number of carbonyl (C=O) groups excluding carboxylic acids is 1. The zero-order chi connectivity index (χ0) is 22.1. The Morgan fingerprint density at radius 2 is 1.97 bits per heavy atom. The second kappa shape index (κ2) is 8.46. The van der Waals surface area contributed by atoms with Gasteiger partial charge in [0.25, 0.3) is 0 Å². The normalized spacial score (nSPS) is 18.8. The van der Waals surface area contributed by atoms with Gasteiger partial charge in [-0.2, -0.15) is 9.97 Å². The minimum absolute atomic E-state index is 0.0612. The van der Waals surface area contributed by atoms with Crippen LogP contribution in [0.4, 0.5) is 23.1 Å². The number of carbonyl (C=O) groups is 1. The molecular weight excluding hydrogens is 408 g/mol. The molecule has 0 spiro atoms. The third-order valence-electron chi connectivity index (χ3n) is 5.99. The summed E-state index contributed by atoms with van der Waals surface area (Å²) in [5.74, 6) is 0.667. The summed E-state index contributed by atoms with van der Waals surface area (Å²) >= 11 is 0. The number of anilines is 4. The van der Waals surface area contributed by atoms with E-state index in [1.807, 2.05) is 16.7 Å². The average Bonchev–Trinajstić information content (AvgIpc) is 3.47. The number of benzene rings is 1. The maximum absolute atomic E-state index is 11.9. The summed E-state index contributed by atoms with van der Waals surface area (Å²) in [5.41, 5.74) is 9.43. The topological polar surface area (TPSA) is 114 Å². The first-order chi connectivity index (χ1) is 15.6. The number of aromatic nitrogens is 4. The molecule has 10 heteroatoms. The van der Waals surface area contributed by atoms with E-state index in [9.17, 15) is 4.79 Å². The minimum atomic E-state index is -0.0612. The summed E-state index contributed by atoms with van der Waals surface area (Å²) in [4.78, 5) is 29.5. The van der Waals surface area contributed by atoms with E-state index in [1.54, 1.807) is 11.2 Å². The van der Waals surface area contributed by atoms with Gasteiger partial charge in [0.1, 0.15) is 5.52 Å². The molecule has 0 radical (unpaired) electrons. The van der Waals surface area contributed by atoms with E-state index < -0.39 is 0 Å². The van der Waals surface area contributed by atoms with Gasteiger partial charge in [-0.05, 0) is 36.8 Å². The van der Waals surface area contributed by atoms with Crippen LogP contribution in [0.25, 0.3) is 11.2 Å². The SMILES string of the molecule is C=CC(=O)N1CC[C@H](n2cnc3c(N)nc(Nc4ccc(N5CCOCC5)cc4)nc32)C1. The van der Waals surface area contributed by atoms with Crippen LogP contribution in [0.1, 0.15) is 12.5 Å². The number of nitrogens with zero attached hydrogens (tertiary/aromatic N) is 6. The van der Waals surface area contributed by atoms with Gasteiger partial charge in [0, 0.05) is 37.6 Å². The van der Waals surface area contributed by atoms with E-state index >= 15 is 0 Å². The monoisotopic (exact) mass is 434 g/mol. The zero-order valence-corrected chi connectivity index (χ0v) is 17.8. The molecule has 2 fully saturated rings. The van der Waals surface area contributed by atoms with Gasteiger partial charge in [-0.1, -0.05) is 6.58 Å². The molecule has 1 amide bonds. The van der Waals surface area contributed by atoms with Crippen LogP contribution in [0.15, 0.2) is 43.2 Å². The molecule has 3 aromatic rings. The number of nitrogen functional groups attached to an aromatic ring is 1. The molecule has 0 saturated carbocycles. The van der Waals surface area contributed by atoms with Gasteiger partial charge >= 0.3 is 0 Å². The Labute approximate surface area is 185 Å². The van der Waals surface area contributed by atoms with Crippen molar-refractivity contribution < 1.29 is 9.53 Å². The molecule has 5 rings (SSSR count). The van der Waals surface area contributed by atoms with Gasteiger partial charge in [0.05, 0.1) is 25.6 Å². The highest BCUT2D eigenvalue weighted by Gasteiger charge is 2.28. The number of morpholine rings is 1. The van der Waals surface area contributed by atoms with Crippen molar-refractivity contribution in [3.8, 4) is 0 Å². The summed E-state index contributed by atoms with van der Waals surface area (Å²) in [7, 11) is 0. The van der Waals surface area contributed by atoms with Crippen LogP contribution >= 0.6 is 0 Å². The quantitative estimate of drug-likeness (QED) is 0.586. The zero-order valence-electron chi connectivity index (χ0n) is 17.8. The predicted molar refractivity (Wildman–Crippen MR) is 123 cm³/mol. The number of imidazole rings is 1. The first-order valence-electron chi connectivity index (χ1n) is 10.7. The lowest BCUT2D eigenvalue weighted by Crippen LogP contribution is -2.36. The molecule has 1 atom stereocenters. The third-order valence-corrected chi connectivity index (χ3v) is 5.99. The molecule has 0 aliphatic carbocycles. The number of likely N-dealkylation sites (tertiary alicyclic amines) is 1. The van der Waals surface area contributed by atoms with Crippen LogP contribution in [0.3, 0.4) is 0 Å². The number of ether oxygens (including phenoxy) is 1. The van der Waals surface area contributed by atoms with Crippen molar-refractivity contribution in [3.05, 3.63) is 43.2 Å². The average molecular weight is 435 g/mol. The number of hydrogen-bond donors (Lipinski definition) is 2. The molecule has 166 valence electrons. The number of nitrogens with one attached hydrogen (secondary N) is 1. The fraction of sp³-hybridized carbons (Fsp3) is 0.364. The van der Waals surface area contributed by atoms with Gasteiger partial charge in [0.15, 0.2) is 11.5 Å². The highest BCUT2D eigenvalue weighted by Crippen LogP contribution is 2.28. The molecule has 2 aliphatic rings. The molecule has 32 heavy (non-hydrogen) atoms. The fourth-order valence-corrected chi connectivity index (χ4v) is 4.27. The molecule has 2 saturated heterocycles. The molecule has 2 aliphatic heterocycles. The Kier molecular flexibility index (Phi) is 5.36. The van der Waals surface area contributed by atoms with Crippen molar-refractivity contribution in [1.82, 2.24) is 24.4 Å². The molecule has 10 nitrogen and oxygen atoms in total. The molecule has 2 aromatic heterocycles. The maximum atomic E-state index is 11.9. The first kappa shape index (κ1) is 20.3. The van der Waals surface area contributed by atoms with E-state index in [1.165, 1.54) is 6.08 Å². The highest BCUT2D eigenvalue weighted by atomic mass is 16.5. The second-order valence-corrected chi connectivity index (χ2v) is 7.96. The van der Waals surface area contributed by atoms with Crippen LogP contribution in [-0.4, -0.2) is 69.7 Å². The Morgan fingerprint density at radius 3 is 2.72 bits per heavy atom. The Balaban J connectivity index is 1.36. The number of nitrogens with two attached hydrogens (primary N) is 1. The van der Waals surface area contributed by atoms with Crippen molar-refractivity contribution in [2.24, 2.45) is 0 Å². The molecule has 3 N–H and O–H groups in total. The van der Waals surface area contributed by atoms with Crippen LogP contribution in [0.5, 0.6) is 0 Å². The summed E-state index contributed by atoms with van der Waals surface area (Å²) in [6.45, 7) is 8.13. The Morgan fingerprint density at radius 1 is 1.19 bits per heavy atom. The smallest absolute Gasteiger partial charge is 0.246 e. The largest absolute Gasteiger partial charge is 0.382 e. The van der Waals surface area contributed by atoms with Crippen LogP contribution in [0, 0.1) is 0 Å². The van der Waals surface area contributed by atoms with E-state index in [-0.39, 0.29) is 11.9 Å². The van der Waals surface area contributed by atoms with Gasteiger partial charge in [-0.25, -0.2) is 4.98 Å². The van der Waals surface area contributed by atoms with Gasteiger partial charge in [-0.3, -0.25) is 4.79 Å². The summed E-state index contributed by atoms with van der Waals surface area (Å²) in [6.07, 6.45) is 3.89. The van der Waals surface area contributed by atoms with Crippen molar-refractivity contribution in [3.63, 3.8) is 0 Å². The predicted octanol–water partition coefficient (Wildman–Crippen LogP) is 1.95. The first-order valence-corrected chi connectivity index (χ1v) is 10.7. The standard InChI is InChI=1S/C22H26N8O2/c1-2-18(31)29-8-7-17(13-29)30-14-24-19-20(23)26-22(27-21(19)30)25-15-3-5-16(6-4-15)28-9-11-32-12-10-28/h2-6,14,17H,1,7-13H2,(H3,23,25,26,27)/t17-/m0/s1. The lowest BCUT2D eigenvalue weighted by atomic mass is 10.2. The number of amides is 1. The van der Waals surface area contributed by atoms with Gasteiger partial charge < -0.3 is 30.2 Å². The Bertz CT molecular complexity index is 1140. The van der Waals surface area contributed by atoms with Crippen LogP contribution in [-0.2, 0) is 9.53 Å². The lowest BCUT2D eigenvalue weighted by molar-refractivity contribution is -0.125. The molecule has 0 unspecified atom stereocenters.